The fraction of sp³-hybridized carbons (Fsp3) is 0.167. The van der Waals surface area contributed by atoms with Crippen LogP contribution in [0.4, 0.5) is 23.4 Å². The van der Waals surface area contributed by atoms with Gasteiger partial charge in [-0.1, -0.05) is 17.7 Å². The van der Waals surface area contributed by atoms with Crippen molar-refractivity contribution in [3.05, 3.63) is 70.9 Å². The summed E-state index contributed by atoms with van der Waals surface area (Å²) < 4.78 is 53.0. The number of nitrogens with one attached hydrogen (secondary N) is 1. The molecule has 0 radical (unpaired) electrons. The van der Waals surface area contributed by atoms with Crippen LogP contribution in [0, 0.1) is 5.82 Å². The fourth-order valence-corrected chi connectivity index (χ4v) is 2.47. The van der Waals surface area contributed by atoms with Crippen LogP contribution in [-0.2, 0) is 6.18 Å². The Morgan fingerprint density at radius 1 is 1.07 bits per heavy atom. The second-order valence-electron chi connectivity index (χ2n) is 5.77. The number of rotatable bonds is 5. The quantitative estimate of drug-likeness (QED) is 0.604. The van der Waals surface area contributed by atoms with Gasteiger partial charge in [-0.05, 0) is 29.8 Å². The number of anilines is 1. The van der Waals surface area contributed by atoms with E-state index in [1.807, 2.05) is 0 Å². The van der Waals surface area contributed by atoms with E-state index in [4.69, 9.17) is 11.6 Å². The Kier molecular flexibility index (Phi) is 5.76. The van der Waals surface area contributed by atoms with E-state index in [-0.39, 0.29) is 28.8 Å². The summed E-state index contributed by atoms with van der Waals surface area (Å²) in [7, 11) is 0. The molecule has 0 bridgehead atoms. The molecule has 2 heterocycles. The van der Waals surface area contributed by atoms with E-state index >= 15 is 0 Å². The third-order valence-corrected chi connectivity index (χ3v) is 4.07. The van der Waals surface area contributed by atoms with E-state index in [2.05, 4.69) is 20.3 Å². The number of aliphatic hydroxyl groups excluding tert-OH is 1. The van der Waals surface area contributed by atoms with Crippen molar-refractivity contribution in [2.75, 3.05) is 11.9 Å². The van der Waals surface area contributed by atoms with Crippen molar-refractivity contribution in [2.24, 2.45) is 0 Å². The topological polar surface area (TPSA) is 70.9 Å². The molecule has 10 heteroatoms. The number of aromatic nitrogens is 3. The summed E-state index contributed by atoms with van der Waals surface area (Å²) in [6.45, 7) is -0.203. The van der Waals surface area contributed by atoms with Gasteiger partial charge < -0.3 is 10.4 Å². The normalized spacial score (nSPS) is 12.6. The highest BCUT2D eigenvalue weighted by Gasteiger charge is 2.34. The lowest BCUT2D eigenvalue weighted by molar-refractivity contribution is -0.141. The Morgan fingerprint density at radius 2 is 1.79 bits per heavy atom. The van der Waals surface area contributed by atoms with Crippen LogP contribution in [0.15, 0.2) is 48.8 Å². The van der Waals surface area contributed by atoms with Crippen LogP contribution in [0.25, 0.3) is 11.4 Å². The van der Waals surface area contributed by atoms with Gasteiger partial charge in [-0.25, -0.2) is 14.4 Å². The highest BCUT2D eigenvalue weighted by atomic mass is 35.5. The van der Waals surface area contributed by atoms with Crippen molar-refractivity contribution in [1.29, 1.82) is 0 Å². The molecule has 0 saturated heterocycles. The molecular weight excluding hydrogens is 400 g/mol. The number of nitrogens with zero attached hydrogens (tertiary/aromatic N) is 3. The molecule has 3 aromatic rings. The summed E-state index contributed by atoms with van der Waals surface area (Å²) in [6.07, 6.45) is -3.06. The number of hydrogen-bond acceptors (Lipinski definition) is 5. The molecule has 5 nitrogen and oxygen atoms in total. The van der Waals surface area contributed by atoms with Crippen molar-refractivity contribution in [2.45, 2.75) is 12.3 Å². The predicted octanol–water partition coefficient (Wildman–Crippen LogP) is 4.50. The number of alkyl halides is 3. The highest BCUT2D eigenvalue weighted by molar-refractivity contribution is 6.30. The first-order valence-corrected chi connectivity index (χ1v) is 8.35. The lowest BCUT2D eigenvalue weighted by Gasteiger charge is -2.15. The smallest absolute Gasteiger partial charge is 0.387 e. The Labute approximate surface area is 162 Å². The number of halogens is 5. The SMILES string of the molecule is OC(CNc1cc(C(F)(F)F)nc(-c2ccncc2)n1)c1ccc(Cl)c(F)c1. The number of aliphatic hydroxyl groups is 1. The minimum Gasteiger partial charge on any atom is -0.387 e. The maximum atomic E-state index is 13.5. The van der Waals surface area contributed by atoms with Gasteiger partial charge in [-0.15, -0.1) is 0 Å². The second-order valence-corrected chi connectivity index (χ2v) is 6.17. The second kappa shape index (κ2) is 8.07. The number of hydrogen-bond donors (Lipinski definition) is 2. The fourth-order valence-electron chi connectivity index (χ4n) is 2.35. The van der Waals surface area contributed by atoms with Gasteiger partial charge in [-0.2, -0.15) is 13.2 Å². The van der Waals surface area contributed by atoms with E-state index in [1.165, 1.54) is 36.7 Å². The average Bonchev–Trinajstić information content (AvgIpc) is 2.68. The first-order valence-electron chi connectivity index (χ1n) is 7.97. The molecule has 2 N–H and O–H groups in total. The third kappa shape index (κ3) is 4.73. The van der Waals surface area contributed by atoms with E-state index in [9.17, 15) is 22.7 Å². The molecule has 0 amide bonds. The van der Waals surface area contributed by atoms with Crippen molar-refractivity contribution in [1.82, 2.24) is 15.0 Å². The Bertz CT molecular complexity index is 970. The van der Waals surface area contributed by atoms with Crippen LogP contribution in [0.1, 0.15) is 17.4 Å². The first-order chi connectivity index (χ1) is 13.2. The summed E-state index contributed by atoms with van der Waals surface area (Å²) in [5.41, 5.74) is -0.567. The summed E-state index contributed by atoms with van der Waals surface area (Å²) in [4.78, 5) is 11.4. The summed E-state index contributed by atoms with van der Waals surface area (Å²) in [6, 6.07) is 7.44. The van der Waals surface area contributed by atoms with E-state index in [0.29, 0.717) is 5.56 Å². The third-order valence-electron chi connectivity index (χ3n) is 3.76. The van der Waals surface area contributed by atoms with Gasteiger partial charge in [0.1, 0.15) is 11.6 Å². The molecule has 2 aromatic heterocycles. The zero-order valence-corrected chi connectivity index (χ0v) is 14.8. The maximum Gasteiger partial charge on any atom is 0.433 e. The van der Waals surface area contributed by atoms with Gasteiger partial charge >= 0.3 is 6.18 Å². The summed E-state index contributed by atoms with van der Waals surface area (Å²) in [5, 5.41) is 12.7. The Hall–Kier alpha value is -2.78. The van der Waals surface area contributed by atoms with Crippen molar-refractivity contribution in [3.8, 4) is 11.4 Å². The molecule has 1 aromatic carbocycles. The van der Waals surface area contributed by atoms with E-state index in [1.54, 1.807) is 0 Å². The Morgan fingerprint density at radius 3 is 2.43 bits per heavy atom. The molecule has 0 fully saturated rings. The molecule has 0 spiro atoms. The molecule has 0 aliphatic heterocycles. The minimum atomic E-state index is -4.68. The standard InChI is InChI=1S/C18H13ClF4N4O/c19-12-2-1-11(7-13(12)20)14(28)9-25-16-8-15(18(21,22)23)26-17(27-16)10-3-5-24-6-4-10/h1-8,14,28H,9H2,(H,25,26,27). The zero-order chi connectivity index (χ0) is 20.3. The van der Waals surface area contributed by atoms with Crippen molar-refractivity contribution in [3.63, 3.8) is 0 Å². The van der Waals surface area contributed by atoms with Crippen molar-refractivity contribution >= 4 is 17.4 Å². The van der Waals surface area contributed by atoms with Crippen LogP contribution >= 0.6 is 11.6 Å². The number of benzene rings is 1. The minimum absolute atomic E-state index is 0.100. The van der Waals surface area contributed by atoms with E-state index < -0.39 is 23.8 Å². The van der Waals surface area contributed by atoms with Crippen molar-refractivity contribution < 1.29 is 22.7 Å². The van der Waals surface area contributed by atoms with Gasteiger partial charge in [0.25, 0.3) is 0 Å². The van der Waals surface area contributed by atoms with Gasteiger partial charge in [-0.3, -0.25) is 4.98 Å². The maximum absolute atomic E-state index is 13.5. The molecule has 1 atom stereocenters. The van der Waals surface area contributed by atoms with Gasteiger partial charge in [0.2, 0.25) is 0 Å². The van der Waals surface area contributed by atoms with Crippen LogP contribution in [0.5, 0.6) is 0 Å². The summed E-state index contributed by atoms with van der Waals surface area (Å²) in [5.74, 6) is -0.992. The predicted molar refractivity (Wildman–Crippen MR) is 95.1 cm³/mol. The van der Waals surface area contributed by atoms with E-state index in [0.717, 1.165) is 12.1 Å². The molecule has 1 unspecified atom stereocenters. The van der Waals surface area contributed by atoms with Crippen LogP contribution in [0.2, 0.25) is 5.02 Å². The molecule has 0 aliphatic carbocycles. The molecule has 28 heavy (non-hydrogen) atoms. The van der Waals surface area contributed by atoms with Crippen LogP contribution < -0.4 is 5.32 Å². The van der Waals surface area contributed by atoms with Gasteiger partial charge in [0, 0.05) is 30.6 Å². The van der Waals surface area contributed by atoms with Crippen LogP contribution in [-0.4, -0.2) is 26.6 Å². The van der Waals surface area contributed by atoms with Crippen LogP contribution in [0.3, 0.4) is 0 Å². The lowest BCUT2D eigenvalue weighted by Crippen LogP contribution is -2.16. The highest BCUT2D eigenvalue weighted by Crippen LogP contribution is 2.31. The average molecular weight is 413 g/mol. The number of pyridine rings is 1. The van der Waals surface area contributed by atoms with Gasteiger partial charge in [0.05, 0.1) is 11.1 Å². The molecule has 0 aliphatic rings. The molecular formula is C18H13ClF4N4O. The zero-order valence-electron chi connectivity index (χ0n) is 14.1. The molecule has 0 saturated carbocycles. The molecule has 146 valence electrons. The molecule has 3 rings (SSSR count). The largest absolute Gasteiger partial charge is 0.433 e. The Balaban J connectivity index is 1.85. The summed E-state index contributed by atoms with van der Waals surface area (Å²) >= 11 is 5.59. The first kappa shape index (κ1) is 20.0. The monoisotopic (exact) mass is 412 g/mol. The van der Waals surface area contributed by atoms with Gasteiger partial charge in [0.15, 0.2) is 11.5 Å². The lowest BCUT2D eigenvalue weighted by atomic mass is 10.1.